The van der Waals surface area contributed by atoms with E-state index in [1.54, 1.807) is 18.2 Å². The first-order valence-corrected chi connectivity index (χ1v) is 6.87. The van der Waals surface area contributed by atoms with Gasteiger partial charge in [0.2, 0.25) is 0 Å². The number of hydrogen-bond acceptors (Lipinski definition) is 4. The van der Waals surface area contributed by atoms with Crippen molar-refractivity contribution in [2.24, 2.45) is 0 Å². The summed E-state index contributed by atoms with van der Waals surface area (Å²) < 4.78 is 0. The lowest BCUT2D eigenvalue weighted by Gasteiger charge is -2.39. The number of amides is 2. The summed E-state index contributed by atoms with van der Waals surface area (Å²) in [6.07, 6.45) is 0. The fourth-order valence-electron chi connectivity index (χ4n) is 3.13. The molecule has 3 rings (SSSR count). The highest BCUT2D eigenvalue weighted by Gasteiger charge is 2.37. The highest BCUT2D eigenvalue weighted by molar-refractivity contribution is 5.77. The second kappa shape index (κ2) is 4.86. The molecular weight excluding hydrogens is 258 g/mol. The number of benzene rings is 1. The molecule has 2 atom stereocenters. The van der Waals surface area contributed by atoms with Crippen molar-refractivity contribution < 1.29 is 15.0 Å². The first-order valence-electron chi connectivity index (χ1n) is 6.87. The Balaban J connectivity index is 1.78. The first kappa shape index (κ1) is 13.1. The highest BCUT2D eigenvalue weighted by atomic mass is 16.3. The van der Waals surface area contributed by atoms with E-state index in [-0.39, 0.29) is 29.6 Å². The average molecular weight is 277 g/mol. The quantitative estimate of drug-likeness (QED) is 0.749. The van der Waals surface area contributed by atoms with Crippen molar-refractivity contribution in [1.82, 2.24) is 15.1 Å². The van der Waals surface area contributed by atoms with E-state index in [4.69, 9.17) is 0 Å². The van der Waals surface area contributed by atoms with Gasteiger partial charge in [-0.1, -0.05) is 6.07 Å². The molecule has 0 bridgehead atoms. The Morgan fingerprint density at radius 1 is 1.30 bits per heavy atom. The summed E-state index contributed by atoms with van der Waals surface area (Å²) in [6.45, 7) is 4.78. The molecule has 1 aromatic rings. The molecule has 0 saturated carbocycles. The van der Waals surface area contributed by atoms with Gasteiger partial charge in [-0.05, 0) is 19.1 Å². The molecule has 2 unspecified atom stereocenters. The van der Waals surface area contributed by atoms with E-state index < -0.39 is 0 Å². The number of nitrogens with zero attached hydrogens (tertiary/aromatic N) is 2. The SMILES string of the molecule is CC(c1c(O)cccc1O)N1CCN2C(=O)NCC2C1. The number of rotatable bonds is 2. The monoisotopic (exact) mass is 277 g/mol. The third-order valence-electron chi connectivity index (χ3n) is 4.29. The third kappa shape index (κ3) is 2.06. The van der Waals surface area contributed by atoms with Crippen LogP contribution in [0.15, 0.2) is 18.2 Å². The van der Waals surface area contributed by atoms with Crippen LogP contribution in [0, 0.1) is 0 Å². The Morgan fingerprint density at radius 2 is 2.00 bits per heavy atom. The molecule has 0 aromatic heterocycles. The summed E-state index contributed by atoms with van der Waals surface area (Å²) >= 11 is 0. The van der Waals surface area contributed by atoms with Gasteiger partial charge in [0.1, 0.15) is 11.5 Å². The predicted molar refractivity (Wildman–Crippen MR) is 73.7 cm³/mol. The maximum Gasteiger partial charge on any atom is 0.317 e. The van der Waals surface area contributed by atoms with E-state index in [1.165, 1.54) is 0 Å². The van der Waals surface area contributed by atoms with Gasteiger partial charge >= 0.3 is 6.03 Å². The van der Waals surface area contributed by atoms with Crippen LogP contribution in [0.1, 0.15) is 18.5 Å². The molecule has 0 radical (unpaired) electrons. The number of carbonyl (C=O) groups excluding carboxylic acids is 1. The molecule has 20 heavy (non-hydrogen) atoms. The van der Waals surface area contributed by atoms with Gasteiger partial charge in [-0.25, -0.2) is 4.79 Å². The van der Waals surface area contributed by atoms with Gasteiger partial charge in [-0.3, -0.25) is 4.90 Å². The molecular formula is C14H19N3O3. The van der Waals surface area contributed by atoms with Crippen molar-refractivity contribution in [2.75, 3.05) is 26.2 Å². The third-order valence-corrected chi connectivity index (χ3v) is 4.29. The van der Waals surface area contributed by atoms with Crippen LogP contribution in [0.3, 0.4) is 0 Å². The number of nitrogens with one attached hydrogen (secondary N) is 1. The van der Waals surface area contributed by atoms with Crippen LogP contribution in [0.5, 0.6) is 11.5 Å². The zero-order valence-corrected chi connectivity index (χ0v) is 11.4. The summed E-state index contributed by atoms with van der Waals surface area (Å²) in [5, 5.41) is 22.8. The smallest absolute Gasteiger partial charge is 0.317 e. The van der Waals surface area contributed by atoms with Gasteiger partial charge in [-0.15, -0.1) is 0 Å². The standard InChI is InChI=1S/C14H19N3O3/c1-9(13-11(18)3-2-4-12(13)19)16-5-6-17-10(8-16)7-15-14(17)20/h2-4,9-10,18-19H,5-8H2,1H3,(H,15,20). The van der Waals surface area contributed by atoms with Crippen molar-refractivity contribution >= 4 is 6.03 Å². The van der Waals surface area contributed by atoms with Gasteiger partial charge in [0.05, 0.1) is 11.6 Å². The van der Waals surface area contributed by atoms with Crippen LogP contribution in [-0.2, 0) is 0 Å². The normalized spacial score (nSPS) is 24.4. The minimum atomic E-state index is -0.0888. The summed E-state index contributed by atoms with van der Waals surface area (Å²) in [6, 6.07) is 4.89. The van der Waals surface area contributed by atoms with Crippen LogP contribution in [0.2, 0.25) is 0 Å². The molecule has 2 saturated heterocycles. The number of fused-ring (bicyclic) bond motifs is 1. The molecule has 0 aliphatic carbocycles. The fraction of sp³-hybridized carbons (Fsp3) is 0.500. The Labute approximate surface area is 117 Å². The van der Waals surface area contributed by atoms with Crippen molar-refractivity contribution in [2.45, 2.75) is 19.0 Å². The molecule has 3 N–H and O–H groups in total. The molecule has 2 heterocycles. The van der Waals surface area contributed by atoms with E-state index in [1.807, 2.05) is 11.8 Å². The molecule has 0 spiro atoms. The van der Waals surface area contributed by atoms with Crippen molar-refractivity contribution in [1.29, 1.82) is 0 Å². The van der Waals surface area contributed by atoms with Gasteiger partial charge in [0, 0.05) is 32.2 Å². The van der Waals surface area contributed by atoms with Crippen LogP contribution in [-0.4, -0.2) is 58.3 Å². The number of piperazine rings is 1. The Morgan fingerprint density at radius 3 is 2.70 bits per heavy atom. The zero-order valence-electron chi connectivity index (χ0n) is 11.4. The van der Waals surface area contributed by atoms with Crippen LogP contribution in [0.25, 0.3) is 0 Å². The lowest BCUT2D eigenvalue weighted by Crippen LogP contribution is -2.52. The van der Waals surface area contributed by atoms with Crippen LogP contribution in [0.4, 0.5) is 4.79 Å². The number of phenols is 2. The van der Waals surface area contributed by atoms with E-state index in [0.717, 1.165) is 13.1 Å². The Hall–Kier alpha value is -1.95. The lowest BCUT2D eigenvalue weighted by molar-refractivity contribution is 0.0920. The molecule has 2 fully saturated rings. The van der Waals surface area contributed by atoms with E-state index in [2.05, 4.69) is 10.2 Å². The molecule has 2 aliphatic heterocycles. The summed E-state index contributed by atoms with van der Waals surface area (Å²) in [5.41, 5.74) is 0.554. The summed E-state index contributed by atoms with van der Waals surface area (Å²) in [4.78, 5) is 15.6. The highest BCUT2D eigenvalue weighted by Crippen LogP contribution is 2.36. The molecule has 1 aromatic carbocycles. The fourth-order valence-corrected chi connectivity index (χ4v) is 3.13. The van der Waals surface area contributed by atoms with Gasteiger partial charge in [0.25, 0.3) is 0 Å². The minimum absolute atomic E-state index is 0.00714. The molecule has 2 amide bonds. The number of hydrogen-bond donors (Lipinski definition) is 3. The number of aromatic hydroxyl groups is 2. The number of phenolic OH excluding ortho intramolecular Hbond substituents is 2. The van der Waals surface area contributed by atoms with E-state index >= 15 is 0 Å². The number of carbonyl (C=O) groups is 1. The van der Waals surface area contributed by atoms with Crippen LogP contribution < -0.4 is 5.32 Å². The van der Waals surface area contributed by atoms with Gasteiger partial charge in [-0.2, -0.15) is 0 Å². The topological polar surface area (TPSA) is 76.0 Å². The second-order valence-corrected chi connectivity index (χ2v) is 5.41. The van der Waals surface area contributed by atoms with E-state index in [0.29, 0.717) is 18.7 Å². The summed E-state index contributed by atoms with van der Waals surface area (Å²) in [5.74, 6) is 0.223. The van der Waals surface area contributed by atoms with Crippen LogP contribution >= 0.6 is 0 Å². The second-order valence-electron chi connectivity index (χ2n) is 5.41. The molecule has 6 heteroatoms. The molecule has 108 valence electrons. The summed E-state index contributed by atoms with van der Waals surface area (Å²) in [7, 11) is 0. The Bertz CT molecular complexity index is 514. The first-order chi connectivity index (χ1) is 9.58. The van der Waals surface area contributed by atoms with Crippen molar-refractivity contribution in [3.63, 3.8) is 0 Å². The number of urea groups is 1. The lowest BCUT2D eigenvalue weighted by atomic mass is 10.0. The van der Waals surface area contributed by atoms with Crippen molar-refractivity contribution in [3.8, 4) is 11.5 Å². The van der Waals surface area contributed by atoms with Gasteiger partial charge in [0.15, 0.2) is 0 Å². The molecule has 6 nitrogen and oxygen atoms in total. The van der Waals surface area contributed by atoms with Crippen molar-refractivity contribution in [3.05, 3.63) is 23.8 Å². The maximum absolute atomic E-state index is 11.6. The van der Waals surface area contributed by atoms with Gasteiger partial charge < -0.3 is 20.4 Å². The minimum Gasteiger partial charge on any atom is -0.507 e. The largest absolute Gasteiger partial charge is 0.507 e. The molecule has 2 aliphatic rings. The maximum atomic E-state index is 11.6. The Kier molecular flexibility index (Phi) is 3.17. The predicted octanol–water partition coefficient (Wildman–Crippen LogP) is 0.868. The average Bonchev–Trinajstić information content (AvgIpc) is 2.79. The van der Waals surface area contributed by atoms with E-state index in [9.17, 15) is 15.0 Å². The zero-order chi connectivity index (χ0) is 14.3.